The van der Waals surface area contributed by atoms with E-state index in [1.54, 1.807) is 12.7 Å². The molecule has 0 spiro atoms. The first kappa shape index (κ1) is 13.1. The van der Waals surface area contributed by atoms with Gasteiger partial charge in [-0.05, 0) is 19.4 Å². The van der Waals surface area contributed by atoms with Crippen LogP contribution in [-0.2, 0) is 0 Å². The molecule has 1 atom stereocenters. The van der Waals surface area contributed by atoms with Gasteiger partial charge in [0.15, 0.2) is 0 Å². The van der Waals surface area contributed by atoms with Crippen LogP contribution in [0.1, 0.15) is 26.8 Å². The molecule has 0 aromatic carbocycles. The third-order valence-electron chi connectivity index (χ3n) is 2.36. The van der Waals surface area contributed by atoms with Crippen LogP contribution in [0.25, 0.3) is 0 Å². The van der Waals surface area contributed by atoms with Gasteiger partial charge in [-0.1, -0.05) is 13.8 Å². The highest BCUT2D eigenvalue weighted by Crippen LogP contribution is 1.98. The number of nitrogens with one attached hydrogen (secondary N) is 2. The van der Waals surface area contributed by atoms with Crippen molar-refractivity contribution >= 4 is 0 Å². The first-order chi connectivity index (χ1) is 7.70. The SMILES string of the molecule is CC(C)CNCCNCC(C)n1cncn1. The molecule has 5 nitrogen and oxygen atoms in total. The Balaban J connectivity index is 1.99. The summed E-state index contributed by atoms with van der Waals surface area (Å²) >= 11 is 0. The topological polar surface area (TPSA) is 54.8 Å². The van der Waals surface area contributed by atoms with Crippen molar-refractivity contribution in [2.24, 2.45) is 5.92 Å². The van der Waals surface area contributed by atoms with Crippen LogP contribution in [0, 0.1) is 5.92 Å². The molecule has 1 aromatic rings. The maximum Gasteiger partial charge on any atom is 0.137 e. The monoisotopic (exact) mass is 225 g/mol. The molecule has 0 saturated carbocycles. The van der Waals surface area contributed by atoms with Gasteiger partial charge in [0.05, 0.1) is 6.04 Å². The Hall–Kier alpha value is -0.940. The largest absolute Gasteiger partial charge is 0.315 e. The molecular formula is C11H23N5. The predicted octanol–water partition coefficient (Wildman–Crippen LogP) is 0.674. The van der Waals surface area contributed by atoms with Crippen molar-refractivity contribution in [2.45, 2.75) is 26.8 Å². The highest BCUT2D eigenvalue weighted by molar-refractivity contribution is 4.67. The summed E-state index contributed by atoms with van der Waals surface area (Å²) in [4.78, 5) is 3.93. The van der Waals surface area contributed by atoms with E-state index < -0.39 is 0 Å². The smallest absolute Gasteiger partial charge is 0.137 e. The lowest BCUT2D eigenvalue weighted by Crippen LogP contribution is -2.32. The Morgan fingerprint density at radius 3 is 2.38 bits per heavy atom. The molecule has 0 fully saturated rings. The fourth-order valence-corrected chi connectivity index (χ4v) is 1.42. The van der Waals surface area contributed by atoms with Crippen molar-refractivity contribution in [1.82, 2.24) is 25.4 Å². The second-order valence-electron chi connectivity index (χ2n) is 4.53. The van der Waals surface area contributed by atoms with Crippen LogP contribution < -0.4 is 10.6 Å². The van der Waals surface area contributed by atoms with E-state index >= 15 is 0 Å². The molecule has 0 aliphatic rings. The van der Waals surface area contributed by atoms with Gasteiger partial charge in [0.25, 0.3) is 0 Å². The molecule has 0 saturated heterocycles. The Morgan fingerprint density at radius 1 is 1.12 bits per heavy atom. The highest BCUT2D eigenvalue weighted by Gasteiger charge is 2.03. The Kier molecular flexibility index (Phi) is 6.03. The van der Waals surface area contributed by atoms with Crippen molar-refractivity contribution in [3.63, 3.8) is 0 Å². The molecule has 1 rings (SSSR count). The Bertz CT molecular complexity index is 257. The van der Waals surface area contributed by atoms with E-state index in [4.69, 9.17) is 0 Å². The van der Waals surface area contributed by atoms with Gasteiger partial charge in [0.1, 0.15) is 12.7 Å². The summed E-state index contributed by atoms with van der Waals surface area (Å²) in [6.45, 7) is 10.6. The zero-order valence-electron chi connectivity index (χ0n) is 10.5. The van der Waals surface area contributed by atoms with E-state index in [2.05, 4.69) is 41.5 Å². The first-order valence-corrected chi connectivity index (χ1v) is 5.95. The minimum Gasteiger partial charge on any atom is -0.315 e. The molecule has 0 amide bonds. The maximum atomic E-state index is 4.10. The second kappa shape index (κ2) is 7.35. The summed E-state index contributed by atoms with van der Waals surface area (Å²) in [6.07, 6.45) is 3.32. The van der Waals surface area contributed by atoms with Gasteiger partial charge < -0.3 is 10.6 Å². The van der Waals surface area contributed by atoms with Gasteiger partial charge in [-0.2, -0.15) is 5.10 Å². The summed E-state index contributed by atoms with van der Waals surface area (Å²) in [7, 11) is 0. The van der Waals surface area contributed by atoms with Crippen molar-refractivity contribution in [3.8, 4) is 0 Å². The van der Waals surface area contributed by atoms with E-state index in [1.165, 1.54) is 0 Å². The van der Waals surface area contributed by atoms with Crippen LogP contribution in [-0.4, -0.2) is 40.9 Å². The van der Waals surface area contributed by atoms with Crippen LogP contribution in [0.3, 0.4) is 0 Å². The van der Waals surface area contributed by atoms with E-state index in [0.717, 1.165) is 26.2 Å². The van der Waals surface area contributed by atoms with E-state index in [0.29, 0.717) is 12.0 Å². The first-order valence-electron chi connectivity index (χ1n) is 5.95. The molecule has 1 heterocycles. The zero-order valence-corrected chi connectivity index (χ0v) is 10.5. The van der Waals surface area contributed by atoms with Gasteiger partial charge in [-0.15, -0.1) is 0 Å². The minimum absolute atomic E-state index is 0.354. The van der Waals surface area contributed by atoms with Crippen LogP contribution in [0.5, 0.6) is 0 Å². The van der Waals surface area contributed by atoms with Crippen LogP contribution in [0.15, 0.2) is 12.7 Å². The number of rotatable bonds is 8. The van der Waals surface area contributed by atoms with Crippen LogP contribution in [0.2, 0.25) is 0 Å². The standard InChI is InChI=1S/C11H23N5/c1-10(2)6-12-4-5-13-7-11(3)16-9-14-8-15-16/h8-13H,4-7H2,1-3H3. The lowest BCUT2D eigenvalue weighted by Gasteiger charge is -2.13. The van der Waals surface area contributed by atoms with Gasteiger partial charge in [-0.3, -0.25) is 0 Å². The number of nitrogens with zero attached hydrogens (tertiary/aromatic N) is 3. The summed E-state index contributed by atoms with van der Waals surface area (Å²) in [5.41, 5.74) is 0. The molecule has 1 aromatic heterocycles. The van der Waals surface area contributed by atoms with Gasteiger partial charge >= 0.3 is 0 Å². The Labute approximate surface area is 97.6 Å². The summed E-state index contributed by atoms with van der Waals surface area (Å²) in [6, 6.07) is 0.354. The average molecular weight is 225 g/mol. The number of hydrogen-bond acceptors (Lipinski definition) is 4. The fourth-order valence-electron chi connectivity index (χ4n) is 1.42. The molecule has 0 aliphatic carbocycles. The molecule has 92 valence electrons. The van der Waals surface area contributed by atoms with Crippen molar-refractivity contribution in [3.05, 3.63) is 12.7 Å². The molecule has 16 heavy (non-hydrogen) atoms. The number of hydrogen-bond donors (Lipinski definition) is 2. The second-order valence-corrected chi connectivity index (χ2v) is 4.53. The van der Waals surface area contributed by atoms with E-state index in [1.807, 2.05) is 4.68 Å². The molecule has 5 heteroatoms. The van der Waals surface area contributed by atoms with Crippen LogP contribution in [0.4, 0.5) is 0 Å². The normalized spacial score (nSPS) is 13.2. The summed E-state index contributed by atoms with van der Waals surface area (Å²) < 4.78 is 1.87. The Morgan fingerprint density at radius 2 is 1.81 bits per heavy atom. The summed E-state index contributed by atoms with van der Waals surface area (Å²) in [5.74, 6) is 0.717. The maximum absolute atomic E-state index is 4.10. The van der Waals surface area contributed by atoms with Gasteiger partial charge in [0, 0.05) is 19.6 Å². The van der Waals surface area contributed by atoms with E-state index in [9.17, 15) is 0 Å². The molecule has 0 bridgehead atoms. The van der Waals surface area contributed by atoms with Gasteiger partial charge in [0.2, 0.25) is 0 Å². The third kappa shape index (κ3) is 5.23. The lowest BCUT2D eigenvalue weighted by atomic mass is 10.2. The minimum atomic E-state index is 0.354. The van der Waals surface area contributed by atoms with Crippen molar-refractivity contribution in [2.75, 3.05) is 26.2 Å². The zero-order chi connectivity index (χ0) is 11.8. The van der Waals surface area contributed by atoms with Gasteiger partial charge in [-0.25, -0.2) is 9.67 Å². The highest BCUT2D eigenvalue weighted by atomic mass is 15.3. The molecule has 0 aliphatic heterocycles. The predicted molar refractivity (Wildman–Crippen MR) is 65.3 cm³/mol. The molecule has 1 unspecified atom stereocenters. The third-order valence-corrected chi connectivity index (χ3v) is 2.36. The molecule has 0 radical (unpaired) electrons. The fraction of sp³-hybridized carbons (Fsp3) is 0.818. The average Bonchev–Trinajstić information content (AvgIpc) is 2.75. The van der Waals surface area contributed by atoms with Crippen molar-refractivity contribution < 1.29 is 0 Å². The lowest BCUT2D eigenvalue weighted by molar-refractivity contribution is 0.446. The number of aromatic nitrogens is 3. The quantitative estimate of drug-likeness (QED) is 0.639. The molecule has 2 N–H and O–H groups in total. The molecular weight excluding hydrogens is 202 g/mol. The van der Waals surface area contributed by atoms with Crippen LogP contribution >= 0.6 is 0 Å². The summed E-state index contributed by atoms with van der Waals surface area (Å²) in [5, 5.41) is 10.9. The van der Waals surface area contributed by atoms with E-state index in [-0.39, 0.29) is 0 Å². The van der Waals surface area contributed by atoms with Crippen molar-refractivity contribution in [1.29, 1.82) is 0 Å².